The summed E-state index contributed by atoms with van der Waals surface area (Å²) < 4.78 is 37.5. The molecule has 2 rings (SSSR count). The fourth-order valence-electron chi connectivity index (χ4n) is 1.78. The zero-order valence-electron chi connectivity index (χ0n) is 11.0. The van der Waals surface area contributed by atoms with Gasteiger partial charge in [-0.1, -0.05) is 12.1 Å². The van der Waals surface area contributed by atoms with E-state index in [2.05, 4.69) is 4.98 Å². The first-order chi connectivity index (χ1) is 9.77. The molecule has 1 aromatic heterocycles. The van der Waals surface area contributed by atoms with Gasteiger partial charge in [0, 0.05) is 21.8 Å². The molecule has 0 saturated carbocycles. The van der Waals surface area contributed by atoms with E-state index < -0.39 is 16.7 Å². The van der Waals surface area contributed by atoms with Gasteiger partial charge in [-0.3, -0.25) is 10.1 Å². The largest absolute Gasteiger partial charge is 0.416 e. The van der Waals surface area contributed by atoms with Gasteiger partial charge in [0.1, 0.15) is 5.01 Å². The van der Waals surface area contributed by atoms with Crippen LogP contribution in [-0.2, 0) is 12.6 Å². The van der Waals surface area contributed by atoms with E-state index in [-0.39, 0.29) is 13.0 Å². The van der Waals surface area contributed by atoms with Crippen molar-refractivity contribution in [2.24, 2.45) is 0 Å². The smallest absolute Gasteiger partial charge is 0.265 e. The monoisotopic (exact) mass is 316 g/mol. The topological polar surface area (TPSA) is 56.0 Å². The van der Waals surface area contributed by atoms with E-state index in [1.807, 2.05) is 0 Å². The van der Waals surface area contributed by atoms with Crippen LogP contribution in [0.2, 0.25) is 0 Å². The van der Waals surface area contributed by atoms with E-state index in [0.29, 0.717) is 16.3 Å². The number of rotatable bonds is 4. The number of hydrogen-bond acceptors (Lipinski definition) is 4. The predicted octanol–water partition coefficient (Wildman–Crippen LogP) is 3.96. The summed E-state index contributed by atoms with van der Waals surface area (Å²) in [5.41, 5.74) is 0.535. The van der Waals surface area contributed by atoms with E-state index in [0.717, 1.165) is 17.0 Å². The van der Waals surface area contributed by atoms with Crippen molar-refractivity contribution in [3.05, 3.63) is 50.5 Å². The highest BCUT2D eigenvalue weighted by molar-refractivity contribution is 7.15. The maximum atomic E-state index is 12.5. The molecule has 4 nitrogen and oxygen atoms in total. The van der Waals surface area contributed by atoms with Gasteiger partial charge >= 0.3 is 6.18 Å². The minimum atomic E-state index is -4.37. The molecule has 0 radical (unpaired) electrons. The van der Waals surface area contributed by atoms with E-state index in [9.17, 15) is 23.3 Å². The van der Waals surface area contributed by atoms with Crippen LogP contribution in [0.4, 0.5) is 13.2 Å². The molecular weight excluding hydrogens is 305 g/mol. The number of thiazole rings is 1. The second-order valence-corrected chi connectivity index (χ2v) is 5.49. The van der Waals surface area contributed by atoms with Gasteiger partial charge in [0.2, 0.25) is 6.54 Å². The molecule has 0 saturated heterocycles. The summed E-state index contributed by atoms with van der Waals surface area (Å²) in [5, 5.41) is 10.9. The van der Waals surface area contributed by atoms with Gasteiger partial charge in [0.05, 0.1) is 11.3 Å². The zero-order chi connectivity index (χ0) is 15.6. The Balaban J connectivity index is 2.22. The predicted molar refractivity (Wildman–Crippen MR) is 72.9 cm³/mol. The molecule has 1 aromatic carbocycles. The number of hydrogen-bond donors (Lipinski definition) is 0. The maximum absolute atomic E-state index is 12.5. The number of halogens is 3. The summed E-state index contributed by atoms with van der Waals surface area (Å²) in [6, 6.07) is 4.72. The van der Waals surface area contributed by atoms with Crippen LogP contribution in [-0.4, -0.2) is 16.5 Å². The van der Waals surface area contributed by atoms with Crippen LogP contribution in [0.15, 0.2) is 24.3 Å². The molecule has 2 aromatic rings. The molecular formula is C13H11F3N2O2S. The molecule has 0 unspecified atom stereocenters. The van der Waals surface area contributed by atoms with Gasteiger partial charge in [0.25, 0.3) is 0 Å². The Kier molecular flexibility index (Phi) is 4.26. The highest BCUT2D eigenvalue weighted by Crippen LogP contribution is 2.33. The van der Waals surface area contributed by atoms with Crippen molar-refractivity contribution in [2.45, 2.75) is 19.5 Å². The van der Waals surface area contributed by atoms with Gasteiger partial charge in [-0.15, -0.1) is 11.3 Å². The highest BCUT2D eigenvalue weighted by atomic mass is 32.1. The first kappa shape index (κ1) is 15.4. The molecule has 0 aliphatic carbocycles. The lowest BCUT2D eigenvalue weighted by Crippen LogP contribution is -2.03. The first-order valence-corrected chi connectivity index (χ1v) is 6.85. The van der Waals surface area contributed by atoms with Gasteiger partial charge in [-0.05, 0) is 19.1 Å². The van der Waals surface area contributed by atoms with Crippen molar-refractivity contribution in [1.82, 2.24) is 4.98 Å². The van der Waals surface area contributed by atoms with Gasteiger partial charge in [-0.2, -0.15) is 13.2 Å². The van der Waals surface area contributed by atoms with Crippen molar-refractivity contribution >= 4 is 11.3 Å². The van der Waals surface area contributed by atoms with Gasteiger partial charge in [-0.25, -0.2) is 4.98 Å². The normalized spacial score (nSPS) is 11.6. The molecule has 0 amide bonds. The number of aromatic nitrogens is 1. The van der Waals surface area contributed by atoms with Crippen LogP contribution in [0.1, 0.15) is 16.1 Å². The summed E-state index contributed by atoms with van der Waals surface area (Å²) in [5.74, 6) is 0. The Morgan fingerprint density at radius 2 is 1.90 bits per heavy atom. The lowest BCUT2D eigenvalue weighted by atomic mass is 10.1. The molecule has 0 fully saturated rings. The average molecular weight is 316 g/mol. The molecule has 0 N–H and O–H groups in total. The van der Waals surface area contributed by atoms with Crippen LogP contribution in [0.5, 0.6) is 0 Å². The number of nitrogens with zero attached hydrogens (tertiary/aromatic N) is 2. The third-order valence-corrected chi connectivity index (χ3v) is 4.14. The SMILES string of the molecule is Cc1nc(-c2ccc(C(F)(F)F)cc2)sc1CC[N+](=O)[O-]. The molecule has 0 aliphatic rings. The summed E-state index contributed by atoms with van der Waals surface area (Å²) >= 11 is 1.27. The van der Waals surface area contributed by atoms with Crippen LogP contribution in [0.3, 0.4) is 0 Å². The van der Waals surface area contributed by atoms with E-state index >= 15 is 0 Å². The Labute approximate surface area is 122 Å². The zero-order valence-corrected chi connectivity index (χ0v) is 11.8. The molecule has 0 aliphatic heterocycles. The van der Waals surface area contributed by atoms with Crippen LogP contribution in [0, 0.1) is 17.0 Å². The van der Waals surface area contributed by atoms with Crippen LogP contribution < -0.4 is 0 Å². The molecule has 8 heteroatoms. The number of alkyl halides is 3. The van der Waals surface area contributed by atoms with Crippen molar-refractivity contribution in [3.8, 4) is 10.6 Å². The van der Waals surface area contributed by atoms with Crippen molar-refractivity contribution in [2.75, 3.05) is 6.54 Å². The fourth-order valence-corrected chi connectivity index (χ4v) is 2.83. The summed E-state index contributed by atoms with van der Waals surface area (Å²) in [4.78, 5) is 15.0. The number of nitro groups is 1. The second kappa shape index (κ2) is 5.80. The lowest BCUT2D eigenvalue weighted by Gasteiger charge is -2.06. The Morgan fingerprint density at radius 1 is 1.29 bits per heavy atom. The molecule has 0 atom stereocenters. The second-order valence-electron chi connectivity index (χ2n) is 4.41. The third kappa shape index (κ3) is 3.78. The van der Waals surface area contributed by atoms with Crippen molar-refractivity contribution < 1.29 is 18.1 Å². The number of benzene rings is 1. The first-order valence-electron chi connectivity index (χ1n) is 6.03. The molecule has 1 heterocycles. The minimum absolute atomic E-state index is 0.185. The average Bonchev–Trinajstić information content (AvgIpc) is 2.77. The third-order valence-electron chi connectivity index (χ3n) is 2.87. The van der Waals surface area contributed by atoms with Crippen molar-refractivity contribution in [1.29, 1.82) is 0 Å². The molecule has 0 spiro atoms. The lowest BCUT2D eigenvalue weighted by molar-refractivity contribution is -0.479. The van der Waals surface area contributed by atoms with Crippen molar-refractivity contribution in [3.63, 3.8) is 0 Å². The molecule has 0 bridgehead atoms. The summed E-state index contributed by atoms with van der Waals surface area (Å²) in [6.07, 6.45) is -4.09. The van der Waals surface area contributed by atoms with Crippen LogP contribution in [0.25, 0.3) is 10.6 Å². The molecule has 21 heavy (non-hydrogen) atoms. The van der Waals surface area contributed by atoms with E-state index in [1.165, 1.54) is 23.5 Å². The Morgan fingerprint density at radius 3 is 2.43 bits per heavy atom. The highest BCUT2D eigenvalue weighted by Gasteiger charge is 2.30. The van der Waals surface area contributed by atoms with E-state index in [4.69, 9.17) is 0 Å². The van der Waals surface area contributed by atoms with Gasteiger partial charge in [0.15, 0.2) is 0 Å². The number of aryl methyl sites for hydroxylation is 1. The van der Waals surface area contributed by atoms with Gasteiger partial charge < -0.3 is 0 Å². The summed E-state index contributed by atoms with van der Waals surface area (Å²) in [7, 11) is 0. The Hall–Kier alpha value is -1.96. The van der Waals surface area contributed by atoms with Crippen LogP contribution >= 0.6 is 11.3 Å². The standard InChI is InChI=1S/C13H11F3N2O2S/c1-8-11(6-7-18(19)20)21-12(17-8)9-2-4-10(5-3-9)13(14,15)16/h2-5H,6-7H2,1H3. The minimum Gasteiger partial charge on any atom is -0.265 e. The summed E-state index contributed by atoms with van der Waals surface area (Å²) in [6.45, 7) is 1.55. The maximum Gasteiger partial charge on any atom is 0.416 e. The quantitative estimate of drug-likeness (QED) is 0.634. The fraction of sp³-hybridized carbons (Fsp3) is 0.308. The molecule has 112 valence electrons. The Bertz CT molecular complexity index is 650. The van der Waals surface area contributed by atoms with E-state index in [1.54, 1.807) is 6.92 Å².